The van der Waals surface area contributed by atoms with Crippen molar-refractivity contribution in [3.63, 3.8) is 0 Å². The molecule has 0 aromatic carbocycles. The van der Waals surface area contributed by atoms with Crippen LogP contribution >= 0.6 is 0 Å². The summed E-state index contributed by atoms with van der Waals surface area (Å²) in [6.45, 7) is 3.87. The van der Waals surface area contributed by atoms with Crippen molar-refractivity contribution in [1.82, 2.24) is 0 Å². The second-order valence-corrected chi connectivity index (χ2v) is 2.22. The Morgan fingerprint density at radius 1 is 1.50 bits per heavy atom. The zero-order valence-electron chi connectivity index (χ0n) is 5.23. The molecule has 0 aromatic rings. The Balaban J connectivity index is 2.88. The van der Waals surface area contributed by atoms with Gasteiger partial charge in [-0.05, 0) is 31.4 Å². The molecule has 0 atom stereocenters. The smallest absolute Gasteiger partial charge is 0.117 e. The maximum absolute atomic E-state index is 9.08. The van der Waals surface area contributed by atoms with Gasteiger partial charge in [0, 0.05) is 0 Å². The molecule has 1 nitrogen and oxygen atoms in total. The Bertz CT molecular complexity index is 158. The minimum atomic E-state index is 0.491. The standard InChI is InChI=1S/C7H10O/c1-5-3-4-6(2)7(5)8/h3,8H,4H2,1-2H3. The molecule has 1 rings (SSSR count). The molecule has 1 aliphatic carbocycles. The molecule has 1 N–H and O–H groups in total. The lowest BCUT2D eigenvalue weighted by Crippen LogP contribution is -1.78. The van der Waals surface area contributed by atoms with Crippen LogP contribution in [0.3, 0.4) is 0 Å². The van der Waals surface area contributed by atoms with Crippen LogP contribution in [-0.4, -0.2) is 5.11 Å². The second kappa shape index (κ2) is 1.66. The molecule has 0 amide bonds. The van der Waals surface area contributed by atoms with Crippen LogP contribution in [0.5, 0.6) is 0 Å². The molecule has 0 aliphatic heterocycles. The van der Waals surface area contributed by atoms with Crippen molar-refractivity contribution in [2.75, 3.05) is 0 Å². The summed E-state index contributed by atoms with van der Waals surface area (Å²) < 4.78 is 0. The van der Waals surface area contributed by atoms with E-state index in [4.69, 9.17) is 5.11 Å². The first kappa shape index (κ1) is 5.42. The Kier molecular flexibility index (Phi) is 1.12. The maximum Gasteiger partial charge on any atom is 0.117 e. The monoisotopic (exact) mass is 110 g/mol. The molecule has 1 aliphatic rings. The Morgan fingerprint density at radius 3 is 2.25 bits per heavy atom. The van der Waals surface area contributed by atoms with Crippen molar-refractivity contribution in [3.05, 3.63) is 23.0 Å². The van der Waals surface area contributed by atoms with Crippen LogP contribution in [0.15, 0.2) is 23.0 Å². The summed E-state index contributed by atoms with van der Waals surface area (Å²) in [4.78, 5) is 0. The third-order valence-electron chi connectivity index (χ3n) is 1.49. The third-order valence-corrected chi connectivity index (χ3v) is 1.49. The molecule has 0 saturated carbocycles. The van der Waals surface area contributed by atoms with Gasteiger partial charge in [-0.3, -0.25) is 0 Å². The van der Waals surface area contributed by atoms with Gasteiger partial charge >= 0.3 is 0 Å². The number of hydrogen-bond donors (Lipinski definition) is 1. The number of aliphatic hydroxyl groups excluding tert-OH is 1. The summed E-state index contributed by atoms with van der Waals surface area (Å²) in [5.41, 5.74) is 2.10. The Hall–Kier alpha value is -0.720. The molecule has 44 valence electrons. The van der Waals surface area contributed by atoms with Crippen molar-refractivity contribution < 1.29 is 5.11 Å². The number of rotatable bonds is 0. The van der Waals surface area contributed by atoms with E-state index in [0.717, 1.165) is 17.6 Å². The summed E-state index contributed by atoms with van der Waals surface area (Å²) in [5, 5.41) is 9.08. The lowest BCUT2D eigenvalue weighted by atomic mass is 10.2. The molecule has 0 heterocycles. The zero-order valence-corrected chi connectivity index (χ0v) is 5.23. The van der Waals surface area contributed by atoms with Gasteiger partial charge in [-0.1, -0.05) is 6.08 Å². The summed E-state index contributed by atoms with van der Waals surface area (Å²) in [6.07, 6.45) is 2.96. The number of hydrogen-bond acceptors (Lipinski definition) is 1. The van der Waals surface area contributed by atoms with Crippen molar-refractivity contribution >= 4 is 0 Å². The lowest BCUT2D eigenvalue weighted by Gasteiger charge is -1.92. The first-order chi connectivity index (χ1) is 3.72. The van der Waals surface area contributed by atoms with Crippen molar-refractivity contribution in [2.45, 2.75) is 20.3 Å². The van der Waals surface area contributed by atoms with Gasteiger partial charge in [0.05, 0.1) is 0 Å². The first-order valence-electron chi connectivity index (χ1n) is 2.77. The van der Waals surface area contributed by atoms with Gasteiger partial charge in [0.15, 0.2) is 0 Å². The molecule has 1 heteroatoms. The minimum absolute atomic E-state index is 0.491. The normalized spacial score (nSPS) is 19.5. The van der Waals surface area contributed by atoms with Crippen molar-refractivity contribution in [3.8, 4) is 0 Å². The van der Waals surface area contributed by atoms with Crippen LogP contribution in [0.1, 0.15) is 20.3 Å². The van der Waals surface area contributed by atoms with Crippen LogP contribution in [0.4, 0.5) is 0 Å². The average Bonchev–Trinajstić information content (AvgIpc) is 1.98. The van der Waals surface area contributed by atoms with Gasteiger partial charge < -0.3 is 5.11 Å². The van der Waals surface area contributed by atoms with Crippen LogP contribution in [0, 0.1) is 0 Å². The predicted octanol–water partition coefficient (Wildman–Crippen LogP) is 2.17. The van der Waals surface area contributed by atoms with E-state index in [1.807, 2.05) is 19.9 Å². The molecule has 0 bridgehead atoms. The molecular formula is C7H10O. The summed E-state index contributed by atoms with van der Waals surface area (Å²) in [7, 11) is 0. The predicted molar refractivity (Wildman–Crippen MR) is 33.7 cm³/mol. The number of aliphatic hydroxyl groups is 1. The fraction of sp³-hybridized carbons (Fsp3) is 0.429. The molecule has 0 radical (unpaired) electrons. The van der Waals surface area contributed by atoms with E-state index in [-0.39, 0.29) is 0 Å². The Morgan fingerprint density at radius 2 is 2.12 bits per heavy atom. The van der Waals surface area contributed by atoms with E-state index in [0.29, 0.717) is 5.76 Å². The van der Waals surface area contributed by atoms with Crippen LogP contribution < -0.4 is 0 Å². The Labute approximate surface area is 49.3 Å². The SMILES string of the molecule is CC1=CCC(C)=C1O. The summed E-state index contributed by atoms with van der Waals surface area (Å²) in [5.74, 6) is 0.491. The highest BCUT2D eigenvalue weighted by atomic mass is 16.3. The quantitative estimate of drug-likeness (QED) is 0.506. The van der Waals surface area contributed by atoms with Gasteiger partial charge in [-0.15, -0.1) is 0 Å². The van der Waals surface area contributed by atoms with Crippen LogP contribution in [0.25, 0.3) is 0 Å². The molecule has 0 saturated heterocycles. The van der Waals surface area contributed by atoms with E-state index in [9.17, 15) is 0 Å². The molecule has 0 spiro atoms. The van der Waals surface area contributed by atoms with E-state index < -0.39 is 0 Å². The van der Waals surface area contributed by atoms with Crippen molar-refractivity contribution in [1.29, 1.82) is 0 Å². The van der Waals surface area contributed by atoms with Crippen molar-refractivity contribution in [2.24, 2.45) is 0 Å². The van der Waals surface area contributed by atoms with Crippen LogP contribution in [0.2, 0.25) is 0 Å². The van der Waals surface area contributed by atoms with Gasteiger partial charge in [0.25, 0.3) is 0 Å². The lowest BCUT2D eigenvalue weighted by molar-refractivity contribution is 0.419. The summed E-state index contributed by atoms with van der Waals surface area (Å²) >= 11 is 0. The molecule has 0 fully saturated rings. The van der Waals surface area contributed by atoms with Gasteiger partial charge in [-0.25, -0.2) is 0 Å². The van der Waals surface area contributed by atoms with E-state index in [2.05, 4.69) is 0 Å². The maximum atomic E-state index is 9.08. The molecule has 0 unspecified atom stereocenters. The zero-order chi connectivity index (χ0) is 6.15. The summed E-state index contributed by atoms with van der Waals surface area (Å²) in [6, 6.07) is 0. The highest BCUT2D eigenvalue weighted by molar-refractivity contribution is 5.34. The van der Waals surface area contributed by atoms with Gasteiger partial charge in [0.1, 0.15) is 5.76 Å². The minimum Gasteiger partial charge on any atom is -0.508 e. The molecule has 0 aromatic heterocycles. The first-order valence-corrected chi connectivity index (χ1v) is 2.77. The topological polar surface area (TPSA) is 20.2 Å². The average molecular weight is 110 g/mol. The fourth-order valence-electron chi connectivity index (χ4n) is 0.836. The van der Waals surface area contributed by atoms with E-state index in [1.54, 1.807) is 0 Å². The largest absolute Gasteiger partial charge is 0.508 e. The molecular weight excluding hydrogens is 100 g/mol. The van der Waals surface area contributed by atoms with Gasteiger partial charge in [0.2, 0.25) is 0 Å². The fourth-order valence-corrected chi connectivity index (χ4v) is 0.836. The highest BCUT2D eigenvalue weighted by Gasteiger charge is 2.07. The molecule has 8 heavy (non-hydrogen) atoms. The van der Waals surface area contributed by atoms with E-state index in [1.165, 1.54) is 0 Å². The van der Waals surface area contributed by atoms with Crippen LogP contribution in [-0.2, 0) is 0 Å². The highest BCUT2D eigenvalue weighted by Crippen LogP contribution is 2.22. The number of allylic oxidation sites excluding steroid dienone is 3. The second-order valence-electron chi connectivity index (χ2n) is 2.22. The van der Waals surface area contributed by atoms with Gasteiger partial charge in [-0.2, -0.15) is 0 Å². The van der Waals surface area contributed by atoms with E-state index >= 15 is 0 Å². The third kappa shape index (κ3) is 0.641.